The molecule has 0 bridgehead atoms. The number of aryl methyl sites for hydroxylation is 2. The van der Waals surface area contributed by atoms with E-state index in [1.807, 2.05) is 68.1 Å². The van der Waals surface area contributed by atoms with E-state index in [4.69, 9.17) is 30.6 Å². The van der Waals surface area contributed by atoms with Crippen molar-refractivity contribution < 1.29 is 47.8 Å². The van der Waals surface area contributed by atoms with Gasteiger partial charge in [0.25, 0.3) is 0 Å². The molecule has 2 aliphatic heterocycles. The monoisotopic (exact) mass is 1130 g/mol. The highest BCUT2D eigenvalue weighted by Gasteiger charge is 2.43. The van der Waals surface area contributed by atoms with Gasteiger partial charge in [-0.1, -0.05) is 73.6 Å². The van der Waals surface area contributed by atoms with E-state index in [-0.39, 0.29) is 110 Å². The Labute approximate surface area is 471 Å². The van der Waals surface area contributed by atoms with Crippen LogP contribution >= 0.6 is 22.9 Å². The molecular formula is C58H64ClFN10O9S. The first kappa shape index (κ1) is 57.0. The molecule has 7 aromatic rings. The Balaban J connectivity index is 0.811. The van der Waals surface area contributed by atoms with Crippen molar-refractivity contribution in [1.82, 2.24) is 40.1 Å². The lowest BCUT2D eigenvalue weighted by Crippen LogP contribution is -2.48. The number of anilines is 2. The van der Waals surface area contributed by atoms with Gasteiger partial charge in [0.05, 0.1) is 46.1 Å². The number of phenolic OH excluding ortho intramolecular Hbond substituents is 1. The molecule has 3 aromatic heterocycles. The summed E-state index contributed by atoms with van der Waals surface area (Å²) in [5.41, 5.74) is 5.29. The lowest BCUT2D eigenvalue weighted by atomic mass is 9.91. The van der Waals surface area contributed by atoms with Crippen molar-refractivity contribution in [2.45, 2.75) is 65.1 Å². The number of aliphatic hydroxyl groups excluding tert-OH is 1. The zero-order chi connectivity index (χ0) is 56.8. The summed E-state index contributed by atoms with van der Waals surface area (Å²) in [6.45, 7) is 13.7. The lowest BCUT2D eigenvalue weighted by molar-refractivity contribution is -0.141. The molecule has 80 heavy (non-hydrogen) atoms. The summed E-state index contributed by atoms with van der Waals surface area (Å²) in [5.74, 6) is -1.28. The molecular weight excluding hydrogens is 1070 g/mol. The minimum Gasteiger partial charge on any atom is -0.508 e. The molecule has 4 aromatic carbocycles. The van der Waals surface area contributed by atoms with E-state index in [0.29, 0.717) is 76.5 Å². The number of hydrogen-bond donors (Lipinski definition) is 4. The summed E-state index contributed by atoms with van der Waals surface area (Å²) in [4.78, 5) is 75.1. The third kappa shape index (κ3) is 12.7. The van der Waals surface area contributed by atoms with Crippen LogP contribution in [0.3, 0.4) is 0 Å². The van der Waals surface area contributed by atoms with E-state index in [2.05, 4.69) is 32.3 Å². The van der Waals surface area contributed by atoms with Crippen LogP contribution in [0.5, 0.6) is 11.5 Å². The number of piperazine rings is 1. The maximum absolute atomic E-state index is 17.1. The number of fused-ring (bicyclic) bond motifs is 2. The van der Waals surface area contributed by atoms with Crippen LogP contribution in [0.1, 0.15) is 55.3 Å². The Morgan fingerprint density at radius 1 is 1.01 bits per heavy atom. The van der Waals surface area contributed by atoms with Gasteiger partial charge in [-0.25, -0.2) is 14.4 Å². The van der Waals surface area contributed by atoms with Crippen molar-refractivity contribution in [3.63, 3.8) is 0 Å². The third-order valence-corrected chi connectivity index (χ3v) is 15.7. The summed E-state index contributed by atoms with van der Waals surface area (Å²) in [6, 6.07) is 18.5. The van der Waals surface area contributed by atoms with Crippen molar-refractivity contribution in [1.29, 1.82) is 0 Å². The number of halogens is 2. The topological polar surface area (TPSA) is 229 Å². The standard InChI is InChI=1S/C58H64ClFN10O9S/c1-7-48(73)68-16-18-69(19-17-68)55-43-29-44(59)51(42-27-39(71)25-36-10-8-9-11-41(36)42)52(60)53(43)64-58(65-55)61-15-14-49(74)67(6)20-21-77-22-23-78-46-26-37(54-35(5)63-32-80-54)12-13-38(46)30-62-56(75)45-28-40(72)31-70(45)57(76)50(33(2)3)47-24-34(4)66-79-47/h7-13,24-27,29,32-33,40,45,50,71-72H,1,14-23,28,30-31H2,2-6H3,(H,62,75)(H,61,64,65)/t40-,45+,50?/m1/s1. The number of hydrogen-bond acceptors (Lipinski definition) is 16. The summed E-state index contributed by atoms with van der Waals surface area (Å²) >= 11 is 8.41. The van der Waals surface area contributed by atoms with Gasteiger partial charge in [0.2, 0.25) is 29.6 Å². The zero-order valence-corrected chi connectivity index (χ0v) is 46.8. The number of carbonyl (C=O) groups is 4. The van der Waals surface area contributed by atoms with Gasteiger partial charge in [-0.05, 0) is 72.0 Å². The fraction of sp³-hybridized carbons (Fsp3) is 0.379. The quantitative estimate of drug-likeness (QED) is 0.0396. The molecule has 19 nitrogen and oxygen atoms in total. The van der Waals surface area contributed by atoms with E-state index in [9.17, 15) is 29.4 Å². The molecule has 22 heteroatoms. The number of likely N-dealkylation sites (N-methyl/N-ethyl adjacent to an activating group) is 1. The Kier molecular flexibility index (Phi) is 17.9. The van der Waals surface area contributed by atoms with Crippen molar-refractivity contribution >= 4 is 80.0 Å². The van der Waals surface area contributed by atoms with Crippen LogP contribution in [0.4, 0.5) is 16.2 Å². The molecule has 1 unspecified atom stereocenters. The molecule has 2 saturated heterocycles. The number of β-amino-alcohol motifs (C(OH)–C–C–N with tert-alkyl or cyclic N) is 1. The van der Waals surface area contributed by atoms with E-state index in [0.717, 1.165) is 16.1 Å². The predicted octanol–water partition coefficient (Wildman–Crippen LogP) is 7.88. The first-order chi connectivity index (χ1) is 38.5. The molecule has 3 atom stereocenters. The largest absolute Gasteiger partial charge is 0.508 e. The Morgan fingerprint density at radius 2 is 1.80 bits per heavy atom. The van der Waals surface area contributed by atoms with E-state index in [1.165, 1.54) is 28.4 Å². The molecule has 4 amide bonds. The average Bonchev–Trinajstić information content (AvgIpc) is 4.32. The Hall–Kier alpha value is -7.72. The fourth-order valence-corrected chi connectivity index (χ4v) is 11.3. The molecule has 0 aliphatic carbocycles. The van der Waals surface area contributed by atoms with E-state index < -0.39 is 29.8 Å². The molecule has 0 radical (unpaired) electrons. The minimum absolute atomic E-state index is 0.0124. The molecule has 4 N–H and O–H groups in total. The van der Waals surface area contributed by atoms with Crippen molar-refractivity contribution in [2.24, 2.45) is 5.92 Å². The van der Waals surface area contributed by atoms with Crippen LogP contribution in [0.15, 0.2) is 89.4 Å². The minimum atomic E-state index is -0.899. The molecule has 5 heterocycles. The van der Waals surface area contributed by atoms with Crippen LogP contribution in [0, 0.1) is 25.6 Å². The van der Waals surface area contributed by atoms with Crippen LogP contribution in [0.25, 0.3) is 43.2 Å². The number of aromatic hydroxyl groups is 1. The van der Waals surface area contributed by atoms with Gasteiger partial charge >= 0.3 is 0 Å². The summed E-state index contributed by atoms with van der Waals surface area (Å²) < 4.78 is 34.8. The van der Waals surface area contributed by atoms with Gasteiger partial charge in [0, 0.05) is 94.8 Å². The normalized spacial score (nSPS) is 15.9. The smallest absolute Gasteiger partial charge is 0.246 e. The number of rotatable bonds is 21. The highest BCUT2D eigenvalue weighted by atomic mass is 35.5. The number of likely N-dealkylation sites (tertiary alicyclic amines) is 1. The summed E-state index contributed by atoms with van der Waals surface area (Å²) in [5, 5.41) is 33.3. The Bertz CT molecular complexity index is 3440. The number of aliphatic hydroxyl groups is 1. The lowest BCUT2D eigenvalue weighted by Gasteiger charge is -2.35. The van der Waals surface area contributed by atoms with Crippen molar-refractivity contribution in [2.75, 3.05) is 82.9 Å². The van der Waals surface area contributed by atoms with E-state index >= 15 is 4.39 Å². The van der Waals surface area contributed by atoms with Crippen LogP contribution in [-0.4, -0.2) is 153 Å². The van der Waals surface area contributed by atoms with Gasteiger partial charge in [-0.3, -0.25) is 19.2 Å². The summed E-state index contributed by atoms with van der Waals surface area (Å²) in [6.07, 6.45) is 0.536. The van der Waals surface area contributed by atoms with Crippen molar-refractivity contribution in [3.8, 4) is 33.1 Å². The number of amides is 4. The second-order valence-corrected chi connectivity index (χ2v) is 21.6. The third-order valence-electron chi connectivity index (χ3n) is 14.4. The number of ether oxygens (including phenoxy) is 2. The second-order valence-electron chi connectivity index (χ2n) is 20.3. The van der Waals surface area contributed by atoms with E-state index in [1.54, 1.807) is 47.5 Å². The highest BCUT2D eigenvalue weighted by Crippen LogP contribution is 2.43. The maximum atomic E-state index is 17.1. The highest BCUT2D eigenvalue weighted by molar-refractivity contribution is 7.13. The molecule has 0 spiro atoms. The molecule has 2 fully saturated rings. The first-order valence-electron chi connectivity index (χ1n) is 26.5. The van der Waals surface area contributed by atoms with Gasteiger partial charge in [0.15, 0.2) is 5.82 Å². The second kappa shape index (κ2) is 25.2. The number of aromatic nitrogens is 4. The Morgan fingerprint density at radius 3 is 2.52 bits per heavy atom. The number of benzene rings is 4. The average molecular weight is 1130 g/mol. The van der Waals surface area contributed by atoms with Crippen LogP contribution in [-0.2, 0) is 30.5 Å². The first-order valence-corrected chi connectivity index (χ1v) is 27.7. The SMILES string of the molecule is C=CC(=O)N1CCN(c2nc(NCCC(=O)N(C)CCOCCOc3cc(-c4scnc4C)ccc3CNC(=O)[C@@H]3C[C@@H](O)CN3C(=O)C(c3cc(C)no3)C(C)C)nc3c(F)c(-c4cc(O)cc5ccccc45)c(Cl)cc23)CC1. The number of phenols is 1. The van der Waals surface area contributed by atoms with Gasteiger partial charge in [0.1, 0.15) is 47.2 Å². The number of nitrogens with one attached hydrogen (secondary N) is 2. The number of carbonyl (C=O) groups excluding carboxylic acids is 4. The molecule has 9 rings (SSSR count). The zero-order valence-electron chi connectivity index (χ0n) is 45.2. The van der Waals surface area contributed by atoms with Crippen molar-refractivity contribution in [3.05, 3.63) is 118 Å². The van der Waals surface area contributed by atoms with Crippen LogP contribution in [0.2, 0.25) is 5.02 Å². The molecule has 2 aliphatic rings. The molecule has 420 valence electrons. The number of thiazole rings is 1. The van der Waals surface area contributed by atoms with Gasteiger partial charge in [-0.2, -0.15) is 4.98 Å². The molecule has 0 saturated carbocycles. The van der Waals surface area contributed by atoms with Crippen LogP contribution < -0.4 is 20.3 Å². The van der Waals surface area contributed by atoms with Gasteiger partial charge < -0.3 is 54.4 Å². The predicted molar refractivity (Wildman–Crippen MR) is 304 cm³/mol. The van der Waals surface area contributed by atoms with Gasteiger partial charge in [-0.15, -0.1) is 11.3 Å². The summed E-state index contributed by atoms with van der Waals surface area (Å²) in [7, 11) is 1.67. The maximum Gasteiger partial charge on any atom is 0.246 e. The number of nitrogens with zero attached hydrogens (tertiary/aromatic N) is 8. The fourth-order valence-electron chi connectivity index (χ4n) is 10.2.